The van der Waals surface area contributed by atoms with Gasteiger partial charge in [-0.2, -0.15) is 0 Å². The maximum atomic E-state index is 5.47. The Morgan fingerprint density at radius 2 is 2.33 bits per heavy atom. The number of hydrogen-bond acceptors (Lipinski definition) is 3. The Labute approximate surface area is 59.9 Å². The van der Waals surface area contributed by atoms with Gasteiger partial charge in [-0.05, 0) is 12.7 Å². The van der Waals surface area contributed by atoms with Crippen LogP contribution in [0.2, 0.25) is 0 Å². The van der Waals surface area contributed by atoms with Gasteiger partial charge in [-0.3, -0.25) is 0 Å². The van der Waals surface area contributed by atoms with Gasteiger partial charge in [0.05, 0.1) is 6.17 Å². The molecule has 0 saturated heterocycles. The van der Waals surface area contributed by atoms with E-state index >= 15 is 0 Å². The fourth-order valence-electron chi connectivity index (χ4n) is 0.307. The van der Waals surface area contributed by atoms with E-state index in [-0.39, 0.29) is 6.17 Å². The van der Waals surface area contributed by atoms with Gasteiger partial charge < -0.3 is 11.5 Å². The van der Waals surface area contributed by atoms with Crippen LogP contribution in [-0.4, -0.2) is 17.6 Å². The van der Waals surface area contributed by atoms with Crippen LogP contribution in [0.5, 0.6) is 0 Å². The second-order valence-electron chi connectivity index (χ2n) is 1.65. The maximum absolute atomic E-state index is 5.47. The number of aliphatic imine (C=N–C) groups is 1. The van der Waals surface area contributed by atoms with Crippen molar-refractivity contribution in [3.63, 3.8) is 0 Å². The Kier molecular flexibility index (Phi) is 4.53. The Balaban J connectivity index is 3.64. The summed E-state index contributed by atoms with van der Waals surface area (Å²) in [5, 5.41) is 0.560. The average Bonchev–Trinajstić information content (AvgIpc) is 1.87. The van der Waals surface area contributed by atoms with Crippen LogP contribution in [0.15, 0.2) is 4.99 Å². The summed E-state index contributed by atoms with van der Waals surface area (Å²) < 4.78 is 0. The summed E-state index contributed by atoms with van der Waals surface area (Å²) in [4.78, 5) is 3.95. The molecule has 4 N–H and O–H groups in total. The lowest BCUT2D eigenvalue weighted by atomic mass is 10.4. The standard InChI is InChI=1S/C5H13N3S/c1-3-4(6)8-5(7)9-2/h4H,3,6H2,1-2H3,(H2,7,8). The lowest BCUT2D eigenvalue weighted by Crippen LogP contribution is -2.20. The van der Waals surface area contributed by atoms with Crippen molar-refractivity contribution in [2.24, 2.45) is 16.5 Å². The fourth-order valence-corrected chi connectivity index (χ4v) is 0.548. The normalized spacial score (nSPS) is 15.7. The van der Waals surface area contributed by atoms with Crippen molar-refractivity contribution in [2.45, 2.75) is 19.5 Å². The van der Waals surface area contributed by atoms with Crippen LogP contribution >= 0.6 is 11.8 Å². The highest BCUT2D eigenvalue weighted by molar-refractivity contribution is 8.13. The quantitative estimate of drug-likeness (QED) is 0.438. The minimum atomic E-state index is -0.127. The van der Waals surface area contributed by atoms with Gasteiger partial charge in [-0.1, -0.05) is 18.7 Å². The van der Waals surface area contributed by atoms with Crippen molar-refractivity contribution < 1.29 is 0 Å². The van der Waals surface area contributed by atoms with Gasteiger partial charge in [0.15, 0.2) is 5.17 Å². The van der Waals surface area contributed by atoms with E-state index in [9.17, 15) is 0 Å². The lowest BCUT2D eigenvalue weighted by Gasteiger charge is -2.01. The van der Waals surface area contributed by atoms with Crippen molar-refractivity contribution in [3.8, 4) is 0 Å². The van der Waals surface area contributed by atoms with E-state index in [1.54, 1.807) is 0 Å². The van der Waals surface area contributed by atoms with Gasteiger partial charge in [0.2, 0.25) is 0 Å². The molecule has 0 saturated carbocycles. The third-order valence-electron chi connectivity index (χ3n) is 0.920. The van der Waals surface area contributed by atoms with E-state index in [0.717, 1.165) is 6.42 Å². The first kappa shape index (κ1) is 8.78. The molecule has 0 bridgehead atoms. The number of amidine groups is 1. The zero-order chi connectivity index (χ0) is 7.28. The molecule has 0 heterocycles. The predicted octanol–water partition coefficient (Wildman–Crippen LogP) is 0.359. The molecule has 0 radical (unpaired) electrons. The Morgan fingerprint density at radius 1 is 1.78 bits per heavy atom. The van der Waals surface area contributed by atoms with E-state index in [2.05, 4.69) is 4.99 Å². The second-order valence-corrected chi connectivity index (χ2v) is 2.47. The Hall–Kier alpha value is -0.220. The summed E-state index contributed by atoms with van der Waals surface area (Å²) in [6.07, 6.45) is 2.58. The molecule has 3 nitrogen and oxygen atoms in total. The molecule has 0 aromatic carbocycles. The first-order chi connectivity index (χ1) is 4.20. The van der Waals surface area contributed by atoms with E-state index in [0.29, 0.717) is 5.17 Å². The van der Waals surface area contributed by atoms with Crippen molar-refractivity contribution in [1.29, 1.82) is 0 Å². The van der Waals surface area contributed by atoms with Gasteiger partial charge in [-0.15, -0.1) is 0 Å². The van der Waals surface area contributed by atoms with Crippen LogP contribution in [0.1, 0.15) is 13.3 Å². The van der Waals surface area contributed by atoms with Gasteiger partial charge in [-0.25, -0.2) is 4.99 Å². The van der Waals surface area contributed by atoms with Crippen molar-refractivity contribution >= 4 is 16.9 Å². The molecule has 0 aliphatic heterocycles. The Morgan fingerprint density at radius 3 is 2.67 bits per heavy atom. The van der Waals surface area contributed by atoms with Gasteiger partial charge in [0, 0.05) is 0 Å². The van der Waals surface area contributed by atoms with Crippen LogP contribution in [0.4, 0.5) is 0 Å². The second kappa shape index (κ2) is 4.64. The molecule has 54 valence electrons. The van der Waals surface area contributed by atoms with Crippen LogP contribution < -0.4 is 11.5 Å². The van der Waals surface area contributed by atoms with Crippen LogP contribution in [0.3, 0.4) is 0 Å². The highest BCUT2D eigenvalue weighted by Gasteiger charge is 1.94. The molecule has 0 aliphatic rings. The number of rotatable bonds is 2. The molecule has 0 fully saturated rings. The van der Waals surface area contributed by atoms with Gasteiger partial charge in [0.25, 0.3) is 0 Å². The SMILES string of the molecule is CCC(N)N=C(N)SC. The molecule has 0 amide bonds. The summed E-state index contributed by atoms with van der Waals surface area (Å²) in [7, 11) is 0. The zero-order valence-corrected chi connectivity index (χ0v) is 6.61. The number of nitrogens with zero attached hydrogens (tertiary/aromatic N) is 1. The van der Waals surface area contributed by atoms with E-state index in [1.807, 2.05) is 13.2 Å². The highest BCUT2D eigenvalue weighted by Crippen LogP contribution is 1.94. The first-order valence-electron chi connectivity index (χ1n) is 2.83. The van der Waals surface area contributed by atoms with Crippen LogP contribution in [0, 0.1) is 0 Å². The highest BCUT2D eigenvalue weighted by atomic mass is 32.2. The molecule has 1 unspecified atom stereocenters. The van der Waals surface area contributed by atoms with E-state index in [1.165, 1.54) is 11.8 Å². The number of nitrogens with two attached hydrogens (primary N) is 2. The monoisotopic (exact) mass is 147 g/mol. The van der Waals surface area contributed by atoms with Crippen LogP contribution in [-0.2, 0) is 0 Å². The van der Waals surface area contributed by atoms with Crippen LogP contribution in [0.25, 0.3) is 0 Å². The third kappa shape index (κ3) is 4.29. The van der Waals surface area contributed by atoms with Gasteiger partial charge in [0.1, 0.15) is 0 Å². The average molecular weight is 147 g/mol. The van der Waals surface area contributed by atoms with E-state index in [4.69, 9.17) is 11.5 Å². The summed E-state index contributed by atoms with van der Waals surface area (Å²) in [5.74, 6) is 0. The smallest absolute Gasteiger partial charge is 0.155 e. The molecule has 0 aromatic heterocycles. The zero-order valence-electron chi connectivity index (χ0n) is 5.79. The number of thioether (sulfide) groups is 1. The predicted molar refractivity (Wildman–Crippen MR) is 43.4 cm³/mol. The minimum absolute atomic E-state index is 0.127. The van der Waals surface area contributed by atoms with Crippen molar-refractivity contribution in [3.05, 3.63) is 0 Å². The first-order valence-corrected chi connectivity index (χ1v) is 4.06. The Bertz CT molecular complexity index is 102. The summed E-state index contributed by atoms with van der Waals surface area (Å²) in [5.41, 5.74) is 10.9. The molecule has 0 rings (SSSR count). The molecule has 0 aromatic rings. The van der Waals surface area contributed by atoms with Crippen molar-refractivity contribution in [2.75, 3.05) is 6.26 Å². The molecule has 4 heteroatoms. The number of hydrogen-bond donors (Lipinski definition) is 2. The molecule has 0 aliphatic carbocycles. The minimum Gasteiger partial charge on any atom is -0.378 e. The largest absolute Gasteiger partial charge is 0.378 e. The summed E-state index contributed by atoms with van der Waals surface area (Å²) in [6, 6.07) is 0. The lowest BCUT2D eigenvalue weighted by molar-refractivity contribution is 0.686. The maximum Gasteiger partial charge on any atom is 0.155 e. The third-order valence-corrected chi connectivity index (χ3v) is 1.44. The summed E-state index contributed by atoms with van der Waals surface area (Å²) in [6.45, 7) is 1.97. The van der Waals surface area contributed by atoms with Crippen molar-refractivity contribution in [1.82, 2.24) is 0 Å². The molecule has 9 heavy (non-hydrogen) atoms. The molecular formula is C5H13N3S. The molecular weight excluding hydrogens is 134 g/mol. The van der Waals surface area contributed by atoms with E-state index < -0.39 is 0 Å². The fraction of sp³-hybridized carbons (Fsp3) is 0.800. The topological polar surface area (TPSA) is 64.4 Å². The molecule has 0 spiro atoms. The molecule has 1 atom stereocenters. The van der Waals surface area contributed by atoms with Gasteiger partial charge >= 0.3 is 0 Å². The summed E-state index contributed by atoms with van der Waals surface area (Å²) >= 11 is 1.42.